The maximum absolute atomic E-state index is 12.2. The third-order valence-corrected chi connectivity index (χ3v) is 5.03. The first-order valence-electron chi connectivity index (χ1n) is 10.1. The Morgan fingerprint density at radius 3 is 2.68 bits per heavy atom. The van der Waals surface area contributed by atoms with Crippen LogP contribution in [0.1, 0.15) is 40.5 Å². The molecular formula is C24H27N3O4. The molecule has 2 heterocycles. The highest BCUT2D eigenvalue weighted by Gasteiger charge is 2.12. The molecule has 1 aromatic carbocycles. The second-order valence-electron chi connectivity index (χ2n) is 7.22. The average Bonchev–Trinajstić information content (AvgIpc) is 3.34. The zero-order valence-corrected chi connectivity index (χ0v) is 18.1. The Morgan fingerprint density at radius 1 is 1.16 bits per heavy atom. The number of esters is 1. The number of methoxy groups -OCH3 is 1. The smallest absolute Gasteiger partial charge is 0.305 e. The zero-order valence-electron chi connectivity index (χ0n) is 18.1. The summed E-state index contributed by atoms with van der Waals surface area (Å²) in [4.78, 5) is 23.4. The second-order valence-corrected chi connectivity index (χ2v) is 7.22. The Bertz CT molecular complexity index is 1060. The van der Waals surface area contributed by atoms with Gasteiger partial charge in [-0.25, -0.2) is 0 Å². The molecule has 0 aliphatic rings. The number of benzene rings is 1. The SMILES string of the molecule is COC(=O)CCc1ccc(/C=C/C(=O)NCc2c(C)nn(Cc3ccccc3)c2C)o1. The summed E-state index contributed by atoms with van der Waals surface area (Å²) in [6, 6.07) is 13.7. The van der Waals surface area contributed by atoms with Crippen LogP contribution < -0.4 is 5.32 Å². The Kier molecular flexibility index (Phi) is 7.43. The van der Waals surface area contributed by atoms with Crippen LogP contribution in [0.5, 0.6) is 0 Å². The third-order valence-electron chi connectivity index (χ3n) is 5.03. The van der Waals surface area contributed by atoms with Crippen LogP contribution in [0.25, 0.3) is 6.08 Å². The van der Waals surface area contributed by atoms with Gasteiger partial charge in [-0.05, 0) is 37.6 Å². The Labute approximate surface area is 181 Å². The Morgan fingerprint density at radius 2 is 1.94 bits per heavy atom. The largest absolute Gasteiger partial charge is 0.469 e. The van der Waals surface area contributed by atoms with Crippen LogP contribution in [0.2, 0.25) is 0 Å². The molecule has 1 amide bonds. The van der Waals surface area contributed by atoms with E-state index in [1.165, 1.54) is 18.7 Å². The average molecular weight is 421 g/mol. The van der Waals surface area contributed by atoms with Crippen molar-refractivity contribution in [1.82, 2.24) is 15.1 Å². The first-order chi connectivity index (χ1) is 15.0. The number of aromatic nitrogens is 2. The number of nitrogens with zero attached hydrogens (tertiary/aromatic N) is 2. The number of amides is 1. The molecule has 0 bridgehead atoms. The van der Waals surface area contributed by atoms with Crippen LogP contribution in [0, 0.1) is 13.8 Å². The minimum absolute atomic E-state index is 0.220. The standard InChI is InChI=1S/C24H27N3O4/c1-17-22(18(2)27(26-17)16-19-7-5-4-6-8-19)15-25-23(28)13-11-20-9-10-21(31-20)12-14-24(29)30-3/h4-11,13H,12,14-16H2,1-3H3,(H,25,28)/b13-11+. The summed E-state index contributed by atoms with van der Waals surface area (Å²) in [5.74, 6) is 0.716. The summed E-state index contributed by atoms with van der Waals surface area (Å²) >= 11 is 0. The van der Waals surface area contributed by atoms with Crippen LogP contribution in [0.15, 0.2) is 53.0 Å². The summed E-state index contributed by atoms with van der Waals surface area (Å²) < 4.78 is 12.2. The van der Waals surface area contributed by atoms with Gasteiger partial charge in [0.1, 0.15) is 11.5 Å². The number of rotatable bonds is 9. The number of carbonyl (C=O) groups is 2. The first kappa shape index (κ1) is 22.1. The number of hydrogen-bond donors (Lipinski definition) is 1. The van der Waals surface area contributed by atoms with Crippen molar-refractivity contribution in [3.05, 3.63) is 82.6 Å². The van der Waals surface area contributed by atoms with E-state index in [1.807, 2.05) is 36.7 Å². The lowest BCUT2D eigenvalue weighted by molar-refractivity contribution is -0.140. The lowest BCUT2D eigenvalue weighted by atomic mass is 10.2. The molecule has 0 atom stereocenters. The van der Waals surface area contributed by atoms with Gasteiger partial charge >= 0.3 is 5.97 Å². The molecule has 31 heavy (non-hydrogen) atoms. The molecule has 0 spiro atoms. The van der Waals surface area contributed by atoms with Gasteiger partial charge in [0.2, 0.25) is 5.91 Å². The minimum atomic E-state index is -0.287. The number of hydrogen-bond acceptors (Lipinski definition) is 5. The Hall–Kier alpha value is -3.61. The van der Waals surface area contributed by atoms with E-state index >= 15 is 0 Å². The minimum Gasteiger partial charge on any atom is -0.469 e. The number of nitrogens with one attached hydrogen (secondary N) is 1. The van der Waals surface area contributed by atoms with Gasteiger partial charge in [0, 0.05) is 30.3 Å². The first-order valence-corrected chi connectivity index (χ1v) is 10.1. The molecular weight excluding hydrogens is 394 g/mol. The highest BCUT2D eigenvalue weighted by Crippen LogP contribution is 2.15. The fourth-order valence-electron chi connectivity index (χ4n) is 3.24. The molecule has 0 radical (unpaired) electrons. The summed E-state index contributed by atoms with van der Waals surface area (Å²) in [5.41, 5.74) is 4.13. The van der Waals surface area contributed by atoms with Gasteiger partial charge in [-0.15, -0.1) is 0 Å². The van der Waals surface area contributed by atoms with Crippen molar-refractivity contribution < 1.29 is 18.7 Å². The van der Waals surface area contributed by atoms with Crippen molar-refractivity contribution in [3.8, 4) is 0 Å². The molecule has 0 fully saturated rings. The van der Waals surface area contributed by atoms with Crippen molar-refractivity contribution in [3.63, 3.8) is 0 Å². The maximum Gasteiger partial charge on any atom is 0.305 e. The second kappa shape index (κ2) is 10.4. The van der Waals surface area contributed by atoms with Crippen LogP contribution in [0.3, 0.4) is 0 Å². The highest BCUT2D eigenvalue weighted by atomic mass is 16.5. The van der Waals surface area contributed by atoms with E-state index in [4.69, 9.17) is 4.42 Å². The summed E-state index contributed by atoms with van der Waals surface area (Å²) in [6.07, 6.45) is 3.75. The van der Waals surface area contributed by atoms with Crippen molar-refractivity contribution in [2.45, 2.75) is 39.8 Å². The van der Waals surface area contributed by atoms with Gasteiger partial charge in [-0.3, -0.25) is 14.3 Å². The van der Waals surface area contributed by atoms with Crippen molar-refractivity contribution in [2.24, 2.45) is 0 Å². The van der Waals surface area contributed by atoms with Crippen LogP contribution in [0.4, 0.5) is 0 Å². The fourth-order valence-corrected chi connectivity index (χ4v) is 3.24. The molecule has 0 unspecified atom stereocenters. The van der Waals surface area contributed by atoms with E-state index in [0.29, 0.717) is 31.0 Å². The van der Waals surface area contributed by atoms with Crippen LogP contribution in [-0.2, 0) is 33.8 Å². The zero-order chi connectivity index (χ0) is 22.2. The number of ether oxygens (including phenoxy) is 1. The molecule has 1 N–H and O–H groups in total. The summed E-state index contributed by atoms with van der Waals surface area (Å²) in [7, 11) is 1.36. The molecule has 3 aromatic rings. The van der Waals surface area contributed by atoms with Gasteiger partial charge < -0.3 is 14.5 Å². The maximum atomic E-state index is 12.2. The van der Waals surface area contributed by atoms with E-state index in [2.05, 4.69) is 27.3 Å². The van der Waals surface area contributed by atoms with E-state index in [1.54, 1.807) is 18.2 Å². The molecule has 0 aliphatic carbocycles. The molecule has 7 nitrogen and oxygen atoms in total. The lowest BCUT2D eigenvalue weighted by Crippen LogP contribution is -2.21. The topological polar surface area (TPSA) is 86.4 Å². The van der Waals surface area contributed by atoms with E-state index in [9.17, 15) is 9.59 Å². The van der Waals surface area contributed by atoms with E-state index in [-0.39, 0.29) is 18.3 Å². The molecule has 7 heteroatoms. The summed E-state index contributed by atoms with van der Waals surface area (Å²) in [5, 5.41) is 7.52. The Balaban J connectivity index is 1.54. The van der Waals surface area contributed by atoms with Crippen LogP contribution in [-0.4, -0.2) is 28.8 Å². The van der Waals surface area contributed by atoms with Gasteiger partial charge in [-0.2, -0.15) is 5.10 Å². The third kappa shape index (κ3) is 6.18. The van der Waals surface area contributed by atoms with E-state index in [0.717, 1.165) is 17.0 Å². The fraction of sp³-hybridized carbons (Fsp3) is 0.292. The predicted octanol–water partition coefficient (Wildman–Crippen LogP) is 3.58. The number of carbonyl (C=O) groups excluding carboxylic acids is 2. The lowest BCUT2D eigenvalue weighted by Gasteiger charge is -2.06. The van der Waals surface area contributed by atoms with Crippen molar-refractivity contribution in [1.29, 1.82) is 0 Å². The highest BCUT2D eigenvalue weighted by molar-refractivity contribution is 5.91. The van der Waals surface area contributed by atoms with Crippen LogP contribution >= 0.6 is 0 Å². The molecule has 0 saturated heterocycles. The van der Waals surface area contributed by atoms with Gasteiger partial charge in [0.05, 0.1) is 25.8 Å². The van der Waals surface area contributed by atoms with Crippen molar-refractivity contribution in [2.75, 3.05) is 7.11 Å². The molecule has 162 valence electrons. The van der Waals surface area contributed by atoms with Gasteiger partial charge in [0.25, 0.3) is 0 Å². The van der Waals surface area contributed by atoms with E-state index < -0.39 is 0 Å². The number of furan rings is 1. The van der Waals surface area contributed by atoms with Gasteiger partial charge in [0.15, 0.2) is 0 Å². The normalized spacial score (nSPS) is 11.1. The quantitative estimate of drug-likeness (QED) is 0.422. The summed E-state index contributed by atoms with van der Waals surface area (Å²) in [6.45, 7) is 5.06. The molecule has 0 aliphatic heterocycles. The molecule has 3 rings (SSSR count). The predicted molar refractivity (Wildman–Crippen MR) is 117 cm³/mol. The molecule has 0 saturated carbocycles. The van der Waals surface area contributed by atoms with Crippen molar-refractivity contribution >= 4 is 18.0 Å². The van der Waals surface area contributed by atoms with Gasteiger partial charge in [-0.1, -0.05) is 30.3 Å². The number of aryl methyl sites for hydroxylation is 2. The monoisotopic (exact) mass is 421 g/mol. The molecule has 2 aromatic heterocycles.